The number of amides is 1. The van der Waals surface area contributed by atoms with Gasteiger partial charge >= 0.3 is 6.04 Å². The first-order chi connectivity index (χ1) is 14.7. The van der Waals surface area contributed by atoms with Crippen molar-refractivity contribution in [3.63, 3.8) is 0 Å². The van der Waals surface area contributed by atoms with Crippen LogP contribution in [0.5, 0.6) is 0 Å². The zero-order valence-corrected chi connectivity index (χ0v) is 16.7. The fourth-order valence-electron chi connectivity index (χ4n) is 2.63. The number of carbonyl (C=O) groups excluding carboxylic acids is 1. The van der Waals surface area contributed by atoms with Gasteiger partial charge in [-0.1, -0.05) is 23.2 Å². The van der Waals surface area contributed by atoms with Gasteiger partial charge in [0, 0.05) is 22.7 Å². The molecule has 1 amide bonds. The minimum absolute atomic E-state index is 0.0276. The van der Waals surface area contributed by atoms with Crippen LogP contribution >= 0.6 is 23.2 Å². The predicted molar refractivity (Wildman–Crippen MR) is 113 cm³/mol. The maximum Gasteiger partial charge on any atom is 0.304 e. The molecule has 3 aromatic rings. The number of nitrogens with two attached hydrogens (primary N) is 1. The summed E-state index contributed by atoms with van der Waals surface area (Å²) >= 11 is 11.7. The lowest BCUT2D eigenvalue weighted by Gasteiger charge is -2.12. The molecule has 0 aliphatic carbocycles. The summed E-state index contributed by atoms with van der Waals surface area (Å²) in [6.45, 7) is 0. The summed E-state index contributed by atoms with van der Waals surface area (Å²) in [4.78, 5) is 42.0. The molecule has 31 heavy (non-hydrogen) atoms. The van der Waals surface area contributed by atoms with Crippen LogP contribution in [-0.4, -0.2) is 31.4 Å². The van der Waals surface area contributed by atoms with Crippen molar-refractivity contribution < 1.29 is 14.6 Å². The Hall–Kier alpha value is -3.90. The number of hydrazone groups is 1. The number of carbonyl (C=O) groups is 1. The molecule has 0 bridgehead atoms. The second-order valence-corrected chi connectivity index (χ2v) is 6.82. The van der Waals surface area contributed by atoms with Crippen molar-refractivity contribution in [2.75, 3.05) is 5.32 Å². The summed E-state index contributed by atoms with van der Waals surface area (Å²) in [5.74, 6) is 4.29. The van der Waals surface area contributed by atoms with Crippen LogP contribution in [0.1, 0.15) is 11.7 Å². The van der Waals surface area contributed by atoms with E-state index in [1.54, 1.807) is 0 Å². The minimum atomic E-state index is -1.89. The summed E-state index contributed by atoms with van der Waals surface area (Å²) in [7, 11) is 0. The fourth-order valence-corrected chi connectivity index (χ4v) is 2.93. The first-order valence-corrected chi connectivity index (χ1v) is 9.05. The van der Waals surface area contributed by atoms with Gasteiger partial charge in [-0.15, -0.1) is 0 Å². The Bertz CT molecular complexity index is 1250. The quantitative estimate of drug-likeness (QED) is 0.242. The molecule has 0 unspecified atom stereocenters. The minimum Gasteiger partial charge on any atom is -0.323 e. The lowest BCUT2D eigenvalue weighted by Crippen LogP contribution is -2.34. The number of hydrogen-bond donors (Lipinski definition) is 2. The van der Waals surface area contributed by atoms with Crippen molar-refractivity contribution in [1.82, 2.24) is 9.97 Å². The third-order valence-corrected chi connectivity index (χ3v) is 4.79. The van der Waals surface area contributed by atoms with E-state index in [0.717, 1.165) is 12.3 Å². The zero-order valence-electron chi connectivity index (χ0n) is 15.2. The topological polar surface area (TPSA) is 180 Å². The molecular weight excluding hydrogens is 453 g/mol. The van der Waals surface area contributed by atoms with Crippen LogP contribution < -0.4 is 11.2 Å². The van der Waals surface area contributed by atoms with Gasteiger partial charge in [-0.05, 0) is 24.3 Å². The number of benzene rings is 2. The Balaban J connectivity index is 1.99. The lowest BCUT2D eigenvalue weighted by atomic mass is 10.1. The summed E-state index contributed by atoms with van der Waals surface area (Å²) in [6.07, 6.45) is 1.07. The van der Waals surface area contributed by atoms with E-state index in [9.17, 15) is 25.0 Å². The number of halogens is 2. The number of non-ortho nitro benzene ring substituents is 1. The molecule has 1 aromatic heterocycles. The fraction of sp³-hybridized carbons (Fsp3) is 0.0588. The summed E-state index contributed by atoms with van der Waals surface area (Å²) in [5, 5.41) is 28.8. The normalized spacial score (nSPS) is 12.4. The second-order valence-electron chi connectivity index (χ2n) is 6.01. The van der Waals surface area contributed by atoms with Crippen molar-refractivity contribution in [2.45, 2.75) is 6.04 Å². The Morgan fingerprint density at radius 3 is 2.45 bits per heavy atom. The van der Waals surface area contributed by atoms with E-state index in [1.807, 2.05) is 0 Å². The van der Waals surface area contributed by atoms with Gasteiger partial charge in [0.2, 0.25) is 5.71 Å². The summed E-state index contributed by atoms with van der Waals surface area (Å²) in [6, 6.07) is 5.98. The number of nitro groups is 2. The van der Waals surface area contributed by atoms with E-state index in [2.05, 4.69) is 20.4 Å². The maximum absolute atomic E-state index is 12.6. The third kappa shape index (κ3) is 4.65. The van der Waals surface area contributed by atoms with E-state index >= 15 is 0 Å². The molecule has 0 spiro atoms. The highest BCUT2D eigenvalue weighted by atomic mass is 35.5. The number of nitro benzene ring substituents is 1. The van der Waals surface area contributed by atoms with Gasteiger partial charge < -0.3 is 11.2 Å². The third-order valence-electron chi connectivity index (χ3n) is 4.05. The van der Waals surface area contributed by atoms with E-state index in [1.165, 1.54) is 30.3 Å². The number of anilines is 1. The van der Waals surface area contributed by atoms with Crippen molar-refractivity contribution in [1.29, 1.82) is 0 Å². The number of nitrogens with one attached hydrogen (secondary N) is 1. The first kappa shape index (κ1) is 21.8. The number of rotatable bonds is 6. The van der Waals surface area contributed by atoms with Gasteiger partial charge in [-0.3, -0.25) is 30.0 Å². The van der Waals surface area contributed by atoms with Crippen LogP contribution in [0.25, 0.3) is 11.0 Å². The second kappa shape index (κ2) is 8.85. The molecule has 0 aliphatic rings. The Kier molecular flexibility index (Phi) is 6.22. The molecule has 1 heterocycles. The summed E-state index contributed by atoms with van der Waals surface area (Å²) in [5.41, 5.74) is -0.742. The summed E-state index contributed by atoms with van der Waals surface area (Å²) < 4.78 is 0. The van der Waals surface area contributed by atoms with E-state index < -0.39 is 27.5 Å². The molecule has 3 N–H and O–H groups in total. The average molecular weight is 464 g/mol. The molecular formula is C17H11Cl2N7O5. The van der Waals surface area contributed by atoms with Crippen molar-refractivity contribution in [3.8, 4) is 0 Å². The molecule has 0 radical (unpaired) electrons. The average Bonchev–Trinajstić information content (AvgIpc) is 2.73. The molecule has 0 saturated heterocycles. The highest BCUT2D eigenvalue weighted by Gasteiger charge is 2.37. The molecule has 14 heteroatoms. The monoisotopic (exact) mass is 463 g/mol. The molecule has 0 aliphatic heterocycles. The highest BCUT2D eigenvalue weighted by Crippen LogP contribution is 2.26. The predicted octanol–water partition coefficient (Wildman–Crippen LogP) is 3.12. The number of fused-ring (bicyclic) bond motifs is 1. The first-order valence-electron chi connectivity index (χ1n) is 8.30. The number of hydrogen-bond acceptors (Lipinski definition) is 9. The van der Waals surface area contributed by atoms with Crippen molar-refractivity contribution >= 4 is 57.2 Å². The van der Waals surface area contributed by atoms with Gasteiger partial charge in [0.1, 0.15) is 5.69 Å². The zero-order chi connectivity index (χ0) is 22.7. The largest absolute Gasteiger partial charge is 0.323 e. The Morgan fingerprint density at radius 1 is 1.10 bits per heavy atom. The Labute approximate surface area is 183 Å². The van der Waals surface area contributed by atoms with Crippen LogP contribution in [-0.2, 0) is 4.79 Å². The lowest BCUT2D eigenvalue weighted by molar-refractivity contribution is -0.509. The van der Waals surface area contributed by atoms with E-state index in [0.29, 0.717) is 0 Å². The highest BCUT2D eigenvalue weighted by molar-refractivity contribution is 6.45. The van der Waals surface area contributed by atoms with E-state index in [-0.39, 0.29) is 38.1 Å². The van der Waals surface area contributed by atoms with Crippen LogP contribution in [0, 0.1) is 20.2 Å². The standard InChI is InChI=1S/C17H11Cl2N7O5/c18-10-3-1-8(5-11(10)19)22-17(27)15(24-20)16(26(30)31)14-7-21-12-4-2-9(25(28)29)6-13(12)23-14/h1-7,16H,20H2,(H,22,27)/b24-15-/t16-/m0/s1. The van der Waals surface area contributed by atoms with Gasteiger partial charge in [-0.25, -0.2) is 4.98 Å². The molecule has 1 atom stereocenters. The van der Waals surface area contributed by atoms with Gasteiger partial charge in [-0.2, -0.15) is 5.10 Å². The maximum atomic E-state index is 12.6. The molecule has 158 valence electrons. The number of nitrogens with zero attached hydrogens (tertiary/aromatic N) is 5. The smallest absolute Gasteiger partial charge is 0.304 e. The van der Waals surface area contributed by atoms with Gasteiger partial charge in [0.05, 0.1) is 32.2 Å². The van der Waals surface area contributed by atoms with Crippen molar-refractivity contribution in [2.24, 2.45) is 10.9 Å². The van der Waals surface area contributed by atoms with Gasteiger partial charge in [0.15, 0.2) is 0 Å². The molecule has 3 rings (SSSR count). The molecule has 2 aromatic carbocycles. The van der Waals surface area contributed by atoms with Crippen LogP contribution in [0.2, 0.25) is 10.0 Å². The molecule has 12 nitrogen and oxygen atoms in total. The van der Waals surface area contributed by atoms with E-state index in [4.69, 9.17) is 29.0 Å². The Morgan fingerprint density at radius 2 is 1.84 bits per heavy atom. The van der Waals surface area contributed by atoms with Crippen LogP contribution in [0.3, 0.4) is 0 Å². The van der Waals surface area contributed by atoms with Crippen LogP contribution in [0.15, 0.2) is 47.7 Å². The number of aromatic nitrogens is 2. The molecule has 0 fully saturated rings. The van der Waals surface area contributed by atoms with Gasteiger partial charge in [0.25, 0.3) is 11.6 Å². The van der Waals surface area contributed by atoms with Crippen LogP contribution in [0.4, 0.5) is 11.4 Å². The SMILES string of the molecule is N/N=C(\C(=O)Nc1ccc(Cl)c(Cl)c1)[C@H](c1cnc2ccc([N+](=O)[O-])cc2n1)[N+](=O)[O-]. The molecule has 0 saturated carbocycles. The van der Waals surface area contributed by atoms with Crippen molar-refractivity contribution in [3.05, 3.63) is 78.6 Å².